The van der Waals surface area contributed by atoms with Crippen LogP contribution < -0.4 is 11.2 Å². The predicted molar refractivity (Wildman–Crippen MR) is 93.5 cm³/mol. The first kappa shape index (κ1) is 20.9. The Morgan fingerprint density at radius 1 is 1.26 bits per heavy atom. The lowest BCUT2D eigenvalue weighted by atomic mass is 10.5. The molecule has 0 bridgehead atoms. The maximum Gasteiger partial charge on any atom is 0.344 e. The van der Waals surface area contributed by atoms with E-state index in [4.69, 9.17) is 17.7 Å². The average Bonchev–Trinajstić information content (AvgIpc) is 2.52. The number of nitrogens with zero attached hydrogens (tertiary/aromatic N) is 1. The topological polar surface area (TPSA) is 109 Å². The first-order chi connectivity index (χ1) is 10.9. The molecule has 2 unspecified atom stereocenters. The number of allylic oxidation sites excluding steroid dienone is 2. The Hall–Kier alpha value is -0.170. The van der Waals surface area contributed by atoms with Crippen LogP contribution in [-0.4, -0.2) is 29.9 Å². The van der Waals surface area contributed by atoms with E-state index in [2.05, 4.69) is 20.9 Å². The third-order valence-electron chi connectivity index (χ3n) is 2.28. The van der Waals surface area contributed by atoms with Crippen molar-refractivity contribution in [2.45, 2.75) is 6.54 Å². The van der Waals surface area contributed by atoms with Gasteiger partial charge in [0, 0.05) is 27.0 Å². The van der Waals surface area contributed by atoms with Crippen molar-refractivity contribution < 1.29 is 22.2 Å². The predicted octanol–water partition coefficient (Wildman–Crippen LogP) is 2.39. The summed E-state index contributed by atoms with van der Waals surface area (Å²) in [6.45, 7) is 0.188. The van der Waals surface area contributed by atoms with E-state index >= 15 is 0 Å². The second-order valence-corrected chi connectivity index (χ2v) is 8.96. The minimum atomic E-state index is -3.37. The Labute approximate surface area is 144 Å². The number of halogens is 1. The van der Waals surface area contributed by atoms with E-state index in [1.54, 1.807) is 12.2 Å². The second-order valence-electron chi connectivity index (χ2n) is 3.91. The molecule has 0 spiro atoms. The molecule has 1 N–H and O–H groups in total. The number of hydrogen-bond donors (Lipinski definition) is 1. The summed E-state index contributed by atoms with van der Waals surface area (Å²) in [5, 5.41) is 0. The molecule has 0 aromatic carbocycles. The Morgan fingerprint density at radius 2 is 1.87 bits per heavy atom. The van der Waals surface area contributed by atoms with Crippen LogP contribution in [0.2, 0.25) is 0 Å². The van der Waals surface area contributed by atoms with E-state index in [1.807, 2.05) is 0 Å². The fraction of sp³-hybridized carbons (Fsp3) is 0.400. The van der Waals surface area contributed by atoms with Gasteiger partial charge in [-0.05, 0) is 15.9 Å². The minimum absolute atomic E-state index is 0.000998. The lowest BCUT2D eigenvalue weighted by Gasteiger charge is -2.14. The van der Waals surface area contributed by atoms with Gasteiger partial charge >= 0.3 is 13.3 Å². The Morgan fingerprint density at radius 3 is 2.43 bits per heavy atom. The molecule has 1 heterocycles. The normalized spacial score (nSPS) is 15.3. The largest absolute Gasteiger partial charge is 0.344 e. The average molecular weight is 449 g/mol. The number of nitrogens with one attached hydrogen (secondary N) is 1. The van der Waals surface area contributed by atoms with E-state index < -0.39 is 36.9 Å². The van der Waals surface area contributed by atoms with E-state index in [-0.39, 0.29) is 17.2 Å². The van der Waals surface area contributed by atoms with Crippen molar-refractivity contribution in [3.63, 3.8) is 0 Å². The number of H-pyrrole nitrogens is 1. The van der Waals surface area contributed by atoms with Crippen molar-refractivity contribution in [2.24, 2.45) is 0 Å². The summed E-state index contributed by atoms with van der Waals surface area (Å²) in [5.41, 5.74) is -1.04. The molecule has 130 valence electrons. The SMILES string of the molecule is COPOP(=O)(C/C=C/Cn1cc(Br)c(=O)[nH]c1=O)OPOC. The summed E-state index contributed by atoms with van der Waals surface area (Å²) < 4.78 is 33.5. The highest BCUT2D eigenvalue weighted by Crippen LogP contribution is 2.57. The van der Waals surface area contributed by atoms with Crippen molar-refractivity contribution >= 4 is 41.6 Å². The number of hydrogen-bond acceptors (Lipinski definition) is 7. The molecule has 1 rings (SSSR count). The van der Waals surface area contributed by atoms with E-state index in [0.717, 1.165) is 0 Å². The Balaban J connectivity index is 2.68. The van der Waals surface area contributed by atoms with Crippen molar-refractivity contribution in [3.8, 4) is 0 Å². The van der Waals surface area contributed by atoms with Crippen LogP contribution in [0.4, 0.5) is 0 Å². The first-order valence-corrected chi connectivity index (χ1v) is 10.2. The molecule has 13 heteroatoms. The first-order valence-electron chi connectivity index (χ1n) is 6.08. The fourth-order valence-electron chi connectivity index (χ4n) is 1.29. The summed E-state index contributed by atoms with van der Waals surface area (Å²) in [4.78, 5) is 25.0. The smallest absolute Gasteiger partial charge is 0.339 e. The molecule has 0 radical (unpaired) electrons. The van der Waals surface area contributed by atoms with E-state index in [1.165, 1.54) is 25.0 Å². The zero-order chi connectivity index (χ0) is 17.3. The van der Waals surface area contributed by atoms with Crippen LogP contribution >= 0.6 is 41.6 Å². The molecule has 23 heavy (non-hydrogen) atoms. The Bertz CT molecular complexity index is 678. The summed E-state index contributed by atoms with van der Waals surface area (Å²) in [6.07, 6.45) is 4.54. The number of aromatic nitrogens is 2. The van der Waals surface area contributed by atoms with Crippen LogP contribution in [0.15, 0.2) is 32.4 Å². The van der Waals surface area contributed by atoms with Gasteiger partial charge in [0.05, 0.1) is 10.6 Å². The number of aromatic amines is 1. The lowest BCUT2D eigenvalue weighted by molar-refractivity contribution is 0.355. The van der Waals surface area contributed by atoms with Gasteiger partial charge in [0.15, 0.2) is 18.1 Å². The molecule has 0 saturated carbocycles. The third-order valence-corrected chi connectivity index (χ3v) is 6.66. The lowest BCUT2D eigenvalue weighted by Crippen LogP contribution is -2.29. The van der Waals surface area contributed by atoms with Crippen molar-refractivity contribution in [1.29, 1.82) is 0 Å². The van der Waals surface area contributed by atoms with Gasteiger partial charge in [0.1, 0.15) is 0 Å². The fourth-order valence-corrected chi connectivity index (χ4v) is 4.63. The highest BCUT2D eigenvalue weighted by atomic mass is 79.9. The molecule has 0 aliphatic carbocycles. The van der Waals surface area contributed by atoms with Crippen LogP contribution in [0.5, 0.6) is 0 Å². The van der Waals surface area contributed by atoms with Crippen LogP contribution in [0.1, 0.15) is 0 Å². The standard InChI is InChI=1S/C10H16BrN2O7P3/c1-17-21-19-23(16,20-22-18-2)6-4-3-5-13-7-8(11)9(14)12-10(13)15/h3-4,7,21-22H,5-6H2,1-2H3,(H,12,14,15)/b4-3+. The van der Waals surface area contributed by atoms with Crippen LogP contribution in [0.25, 0.3) is 0 Å². The van der Waals surface area contributed by atoms with Gasteiger partial charge in [-0.2, -0.15) is 0 Å². The molecule has 0 amide bonds. The second kappa shape index (κ2) is 10.6. The van der Waals surface area contributed by atoms with Gasteiger partial charge in [0.25, 0.3) is 5.56 Å². The van der Waals surface area contributed by atoms with Crippen molar-refractivity contribution in [2.75, 3.05) is 20.4 Å². The molecule has 0 saturated heterocycles. The molecule has 1 aromatic rings. The minimum Gasteiger partial charge on any atom is -0.339 e. The molecule has 0 aliphatic rings. The van der Waals surface area contributed by atoms with Gasteiger partial charge in [-0.1, -0.05) is 12.2 Å². The van der Waals surface area contributed by atoms with Gasteiger partial charge in [-0.3, -0.25) is 27.5 Å². The molecule has 9 nitrogen and oxygen atoms in total. The maximum absolute atomic E-state index is 12.3. The molecular formula is C10H16BrN2O7P3. The highest BCUT2D eigenvalue weighted by molar-refractivity contribution is 9.10. The van der Waals surface area contributed by atoms with Gasteiger partial charge < -0.3 is 9.05 Å². The van der Waals surface area contributed by atoms with Crippen molar-refractivity contribution in [1.82, 2.24) is 9.55 Å². The maximum atomic E-state index is 12.3. The summed E-state index contributed by atoms with van der Waals surface area (Å²) in [6, 6.07) is 0. The zero-order valence-corrected chi connectivity index (χ0v) is 16.8. The van der Waals surface area contributed by atoms with Gasteiger partial charge in [0.2, 0.25) is 0 Å². The van der Waals surface area contributed by atoms with Crippen LogP contribution in [0, 0.1) is 0 Å². The molecule has 0 fully saturated rings. The molecule has 0 aliphatic heterocycles. The quantitative estimate of drug-likeness (QED) is 0.432. The molecular weight excluding hydrogens is 433 g/mol. The summed E-state index contributed by atoms with van der Waals surface area (Å²) >= 11 is 3.04. The van der Waals surface area contributed by atoms with Gasteiger partial charge in [-0.25, -0.2) is 4.79 Å². The van der Waals surface area contributed by atoms with Crippen LogP contribution in [-0.2, 0) is 28.8 Å². The highest BCUT2D eigenvalue weighted by Gasteiger charge is 2.23. The molecule has 2 atom stereocenters. The third kappa shape index (κ3) is 7.50. The van der Waals surface area contributed by atoms with Crippen LogP contribution in [0.3, 0.4) is 0 Å². The number of rotatable bonds is 10. The van der Waals surface area contributed by atoms with Gasteiger partial charge in [-0.15, -0.1) is 0 Å². The Kier molecular flexibility index (Phi) is 9.66. The monoisotopic (exact) mass is 448 g/mol. The van der Waals surface area contributed by atoms with E-state index in [9.17, 15) is 14.2 Å². The van der Waals surface area contributed by atoms with E-state index in [0.29, 0.717) is 0 Å². The molecule has 1 aromatic heterocycles. The summed E-state index contributed by atoms with van der Waals surface area (Å²) in [5.74, 6) is 0. The zero-order valence-electron chi connectivity index (χ0n) is 12.3. The van der Waals surface area contributed by atoms with Crippen molar-refractivity contribution in [3.05, 3.63) is 43.7 Å². The summed E-state index contributed by atoms with van der Waals surface area (Å²) in [7, 11) is -1.38.